The van der Waals surface area contributed by atoms with E-state index >= 15 is 0 Å². The second kappa shape index (κ2) is 6.76. The minimum Gasteiger partial charge on any atom is -0.313 e. The van der Waals surface area contributed by atoms with Gasteiger partial charge < -0.3 is 5.32 Å². The molecule has 1 N–H and O–H groups in total. The molecule has 1 atom stereocenters. The van der Waals surface area contributed by atoms with Gasteiger partial charge in [0.1, 0.15) is 0 Å². The van der Waals surface area contributed by atoms with E-state index in [-0.39, 0.29) is 6.04 Å². The average Bonchev–Trinajstić information content (AvgIpc) is 2.41. The lowest BCUT2D eigenvalue weighted by Gasteiger charge is -2.19. The van der Waals surface area contributed by atoms with E-state index < -0.39 is 0 Å². The van der Waals surface area contributed by atoms with Crippen LogP contribution in [0, 0.1) is 0 Å². The molecule has 100 valence electrons. The molecular formula is C15H14BrCl2N. The summed E-state index contributed by atoms with van der Waals surface area (Å²) >= 11 is 16.0. The molecule has 0 fully saturated rings. The summed E-state index contributed by atoms with van der Waals surface area (Å²) in [6.07, 6.45) is 0.798. The van der Waals surface area contributed by atoms with Crippen LogP contribution in [0.4, 0.5) is 0 Å². The van der Waals surface area contributed by atoms with Crippen molar-refractivity contribution in [2.24, 2.45) is 0 Å². The first-order chi connectivity index (χ1) is 9.11. The van der Waals surface area contributed by atoms with Gasteiger partial charge in [0.25, 0.3) is 0 Å². The van der Waals surface area contributed by atoms with E-state index in [4.69, 9.17) is 23.2 Å². The predicted octanol–water partition coefficient (Wildman–Crippen LogP) is 5.26. The first kappa shape index (κ1) is 14.9. The number of hydrogen-bond donors (Lipinski definition) is 1. The molecule has 4 heteroatoms. The molecule has 0 aliphatic heterocycles. The van der Waals surface area contributed by atoms with Crippen molar-refractivity contribution in [2.75, 3.05) is 7.05 Å². The molecule has 0 saturated heterocycles. The lowest BCUT2D eigenvalue weighted by molar-refractivity contribution is 0.592. The van der Waals surface area contributed by atoms with E-state index in [1.165, 1.54) is 0 Å². The van der Waals surface area contributed by atoms with Crippen LogP contribution in [0.3, 0.4) is 0 Å². The molecule has 1 unspecified atom stereocenters. The first-order valence-electron chi connectivity index (χ1n) is 5.97. The number of halogens is 3. The molecule has 0 saturated carbocycles. The van der Waals surface area contributed by atoms with Crippen LogP contribution < -0.4 is 5.32 Å². The smallest absolute Gasteiger partial charge is 0.0454 e. The predicted molar refractivity (Wildman–Crippen MR) is 86.1 cm³/mol. The maximum absolute atomic E-state index is 6.28. The first-order valence-corrected chi connectivity index (χ1v) is 7.52. The summed E-state index contributed by atoms with van der Waals surface area (Å²) in [5.41, 5.74) is 2.18. The van der Waals surface area contributed by atoms with Crippen molar-refractivity contribution >= 4 is 39.1 Å². The van der Waals surface area contributed by atoms with Crippen molar-refractivity contribution in [1.82, 2.24) is 5.32 Å². The molecule has 0 spiro atoms. The maximum atomic E-state index is 6.28. The molecule has 0 aromatic heterocycles. The van der Waals surface area contributed by atoms with Gasteiger partial charge in [0.15, 0.2) is 0 Å². The number of benzene rings is 2. The van der Waals surface area contributed by atoms with Gasteiger partial charge in [0.2, 0.25) is 0 Å². The topological polar surface area (TPSA) is 12.0 Å². The summed E-state index contributed by atoms with van der Waals surface area (Å²) in [5.74, 6) is 0. The van der Waals surface area contributed by atoms with Crippen molar-refractivity contribution in [2.45, 2.75) is 12.5 Å². The van der Waals surface area contributed by atoms with Gasteiger partial charge in [-0.05, 0) is 48.9 Å². The Kier molecular flexibility index (Phi) is 5.28. The molecule has 2 aromatic carbocycles. The van der Waals surface area contributed by atoms with Gasteiger partial charge in [0.05, 0.1) is 0 Å². The fraction of sp³-hybridized carbons (Fsp3) is 0.200. The van der Waals surface area contributed by atoms with Gasteiger partial charge >= 0.3 is 0 Å². The van der Waals surface area contributed by atoms with Crippen LogP contribution >= 0.6 is 39.1 Å². The van der Waals surface area contributed by atoms with Crippen LogP contribution in [0.25, 0.3) is 0 Å². The molecule has 2 aromatic rings. The summed E-state index contributed by atoms with van der Waals surface area (Å²) in [6.45, 7) is 0. The van der Waals surface area contributed by atoms with Crippen LogP contribution in [0.5, 0.6) is 0 Å². The van der Waals surface area contributed by atoms with E-state index in [2.05, 4.69) is 21.2 Å². The summed E-state index contributed by atoms with van der Waals surface area (Å²) in [4.78, 5) is 0. The molecule has 0 radical (unpaired) electrons. The van der Waals surface area contributed by atoms with Crippen LogP contribution in [0.15, 0.2) is 46.9 Å². The Bertz CT molecular complexity index is 572. The molecule has 19 heavy (non-hydrogen) atoms. The quantitative estimate of drug-likeness (QED) is 0.786. The Hall–Kier alpha value is -0.540. The molecule has 0 amide bonds. The van der Waals surface area contributed by atoms with Gasteiger partial charge in [-0.15, -0.1) is 0 Å². The summed E-state index contributed by atoms with van der Waals surface area (Å²) in [6, 6.07) is 13.9. The molecular weight excluding hydrogens is 345 g/mol. The summed E-state index contributed by atoms with van der Waals surface area (Å²) in [7, 11) is 1.93. The van der Waals surface area contributed by atoms with E-state index in [9.17, 15) is 0 Å². The molecule has 1 nitrogen and oxygen atoms in total. The van der Waals surface area contributed by atoms with Crippen LogP contribution in [0.1, 0.15) is 17.2 Å². The fourth-order valence-corrected chi connectivity index (χ4v) is 2.87. The number of rotatable bonds is 4. The van der Waals surface area contributed by atoms with Crippen molar-refractivity contribution in [3.8, 4) is 0 Å². The van der Waals surface area contributed by atoms with Crippen LogP contribution in [-0.4, -0.2) is 7.05 Å². The summed E-state index contributed by atoms with van der Waals surface area (Å²) < 4.78 is 1.02. The average molecular weight is 359 g/mol. The van der Waals surface area contributed by atoms with Crippen molar-refractivity contribution in [3.63, 3.8) is 0 Å². The highest BCUT2D eigenvalue weighted by atomic mass is 79.9. The van der Waals surface area contributed by atoms with Gasteiger partial charge in [-0.3, -0.25) is 0 Å². The third-order valence-corrected chi connectivity index (χ3v) is 4.27. The Morgan fingerprint density at radius 3 is 2.53 bits per heavy atom. The molecule has 0 bridgehead atoms. The Balaban J connectivity index is 2.30. The Morgan fingerprint density at radius 1 is 1.11 bits per heavy atom. The van der Waals surface area contributed by atoms with Gasteiger partial charge in [-0.1, -0.05) is 57.3 Å². The third kappa shape index (κ3) is 3.73. The standard InChI is InChI=1S/C15H14BrCl2N/c1-19-15(8-10-4-2-3-5-13(10)17)12-9-11(16)6-7-14(12)18/h2-7,9,15,19H,8H2,1H3. The third-order valence-electron chi connectivity index (χ3n) is 3.06. The molecule has 0 aliphatic carbocycles. The molecule has 0 heterocycles. The zero-order chi connectivity index (χ0) is 13.8. The normalized spacial score (nSPS) is 12.4. The lowest BCUT2D eigenvalue weighted by Crippen LogP contribution is -2.19. The number of nitrogens with one attached hydrogen (secondary N) is 1. The van der Waals surface area contributed by atoms with E-state index in [0.29, 0.717) is 0 Å². The number of hydrogen-bond acceptors (Lipinski definition) is 1. The zero-order valence-corrected chi connectivity index (χ0v) is 13.6. The summed E-state index contributed by atoms with van der Waals surface area (Å²) in [5, 5.41) is 4.84. The highest BCUT2D eigenvalue weighted by molar-refractivity contribution is 9.10. The number of likely N-dealkylation sites (N-methyl/N-ethyl adjacent to an activating group) is 1. The van der Waals surface area contributed by atoms with Gasteiger partial charge in [0, 0.05) is 20.6 Å². The van der Waals surface area contributed by atoms with Crippen molar-refractivity contribution in [3.05, 3.63) is 68.1 Å². The highest BCUT2D eigenvalue weighted by Crippen LogP contribution is 2.30. The van der Waals surface area contributed by atoms with Crippen molar-refractivity contribution < 1.29 is 0 Å². The highest BCUT2D eigenvalue weighted by Gasteiger charge is 2.15. The largest absolute Gasteiger partial charge is 0.313 e. The van der Waals surface area contributed by atoms with Gasteiger partial charge in [-0.25, -0.2) is 0 Å². The second-order valence-electron chi connectivity index (χ2n) is 4.30. The minimum absolute atomic E-state index is 0.130. The monoisotopic (exact) mass is 357 g/mol. The van der Waals surface area contributed by atoms with E-state index in [1.54, 1.807) is 0 Å². The Labute approximate surface area is 132 Å². The lowest BCUT2D eigenvalue weighted by atomic mass is 9.99. The molecule has 0 aliphatic rings. The fourth-order valence-electron chi connectivity index (χ4n) is 2.03. The zero-order valence-electron chi connectivity index (χ0n) is 10.5. The van der Waals surface area contributed by atoms with E-state index in [0.717, 1.165) is 32.1 Å². The van der Waals surface area contributed by atoms with Gasteiger partial charge in [-0.2, -0.15) is 0 Å². The minimum atomic E-state index is 0.130. The maximum Gasteiger partial charge on any atom is 0.0454 e. The van der Waals surface area contributed by atoms with E-state index in [1.807, 2.05) is 49.5 Å². The second-order valence-corrected chi connectivity index (χ2v) is 6.03. The van der Waals surface area contributed by atoms with Crippen LogP contribution in [-0.2, 0) is 6.42 Å². The SMILES string of the molecule is CNC(Cc1ccccc1Cl)c1cc(Br)ccc1Cl. The van der Waals surface area contributed by atoms with Crippen LogP contribution in [0.2, 0.25) is 10.0 Å². The molecule has 2 rings (SSSR count). The van der Waals surface area contributed by atoms with Crippen molar-refractivity contribution in [1.29, 1.82) is 0 Å². The Morgan fingerprint density at radius 2 is 1.84 bits per heavy atom.